The molecular formula is C17H24IN3S. The number of halogens is 1. The fraction of sp³-hybridized carbons (Fsp3) is 0.353. The van der Waals surface area contributed by atoms with Crippen molar-refractivity contribution in [1.82, 2.24) is 10.6 Å². The highest BCUT2D eigenvalue weighted by molar-refractivity contribution is 14.0. The molecule has 2 aromatic carbocycles. The van der Waals surface area contributed by atoms with Crippen LogP contribution in [0.2, 0.25) is 0 Å². The summed E-state index contributed by atoms with van der Waals surface area (Å²) < 4.78 is 0. The third-order valence-corrected chi connectivity index (χ3v) is 4.00. The zero-order valence-corrected chi connectivity index (χ0v) is 16.3. The van der Waals surface area contributed by atoms with Gasteiger partial charge in [0.15, 0.2) is 5.96 Å². The molecule has 0 saturated heterocycles. The first kappa shape index (κ1) is 19.1. The zero-order chi connectivity index (χ0) is 14.9. The molecule has 0 aliphatic carbocycles. The van der Waals surface area contributed by atoms with Gasteiger partial charge in [-0.05, 0) is 29.0 Å². The second-order valence-electron chi connectivity index (χ2n) is 4.81. The monoisotopic (exact) mass is 429 g/mol. The Balaban J connectivity index is 0.00000242. The highest BCUT2D eigenvalue weighted by Gasteiger charge is 2.01. The molecule has 0 atom stereocenters. The van der Waals surface area contributed by atoms with Gasteiger partial charge in [0.1, 0.15) is 0 Å². The van der Waals surface area contributed by atoms with Crippen LogP contribution >= 0.6 is 35.7 Å². The van der Waals surface area contributed by atoms with Crippen molar-refractivity contribution in [3.8, 4) is 0 Å². The molecule has 0 radical (unpaired) electrons. The number of guanidine groups is 1. The average molecular weight is 429 g/mol. The van der Waals surface area contributed by atoms with E-state index in [9.17, 15) is 0 Å². The number of hydrogen-bond donors (Lipinski definition) is 2. The molecule has 2 aromatic rings. The van der Waals surface area contributed by atoms with Gasteiger partial charge in [-0.2, -0.15) is 11.8 Å². The van der Waals surface area contributed by atoms with Crippen LogP contribution in [0.4, 0.5) is 0 Å². The lowest BCUT2D eigenvalue weighted by atomic mass is 10.0. The normalized spacial score (nSPS) is 11.1. The number of thioether (sulfide) groups is 1. The maximum Gasteiger partial charge on any atom is 0.191 e. The lowest BCUT2D eigenvalue weighted by molar-refractivity contribution is 0.815. The minimum Gasteiger partial charge on any atom is -0.356 e. The number of hydrogen-bond acceptors (Lipinski definition) is 2. The van der Waals surface area contributed by atoms with E-state index < -0.39 is 0 Å². The number of aliphatic imine (C=N–C) groups is 1. The van der Waals surface area contributed by atoms with Crippen LogP contribution in [0, 0.1) is 0 Å². The highest BCUT2D eigenvalue weighted by Crippen LogP contribution is 2.18. The lowest BCUT2D eigenvalue weighted by Crippen LogP contribution is -2.39. The fourth-order valence-corrected chi connectivity index (χ4v) is 2.62. The smallest absolute Gasteiger partial charge is 0.191 e. The Kier molecular flexibility index (Phi) is 9.31. The summed E-state index contributed by atoms with van der Waals surface area (Å²) in [5, 5.41) is 9.33. The van der Waals surface area contributed by atoms with E-state index in [1.165, 1.54) is 16.3 Å². The van der Waals surface area contributed by atoms with Gasteiger partial charge in [-0.25, -0.2) is 0 Å². The highest BCUT2D eigenvalue weighted by atomic mass is 127. The van der Waals surface area contributed by atoms with Gasteiger partial charge in [0, 0.05) is 25.9 Å². The molecule has 0 amide bonds. The second kappa shape index (κ2) is 10.7. The number of nitrogens with zero attached hydrogens (tertiary/aromatic N) is 1. The number of benzene rings is 2. The minimum atomic E-state index is 0. The molecule has 0 bridgehead atoms. The molecule has 0 fully saturated rings. The summed E-state index contributed by atoms with van der Waals surface area (Å²) in [5.74, 6) is 1.97. The molecule has 2 N–H and O–H groups in total. The Morgan fingerprint density at radius 2 is 1.77 bits per heavy atom. The molecule has 0 spiro atoms. The van der Waals surface area contributed by atoms with Crippen molar-refractivity contribution in [3.05, 3.63) is 48.0 Å². The van der Waals surface area contributed by atoms with Gasteiger partial charge in [0.2, 0.25) is 0 Å². The van der Waals surface area contributed by atoms with Gasteiger partial charge in [-0.15, -0.1) is 24.0 Å². The van der Waals surface area contributed by atoms with Crippen molar-refractivity contribution in [1.29, 1.82) is 0 Å². The molecule has 0 saturated carbocycles. The van der Waals surface area contributed by atoms with E-state index in [4.69, 9.17) is 0 Å². The van der Waals surface area contributed by atoms with Crippen LogP contribution in [0.15, 0.2) is 47.5 Å². The number of rotatable bonds is 6. The number of fused-ring (bicyclic) bond motifs is 1. The quantitative estimate of drug-likeness (QED) is 0.319. The van der Waals surface area contributed by atoms with E-state index in [0.717, 1.165) is 31.2 Å². The van der Waals surface area contributed by atoms with E-state index in [1.54, 1.807) is 0 Å². The van der Waals surface area contributed by atoms with Crippen molar-refractivity contribution in [2.75, 3.05) is 32.1 Å². The van der Waals surface area contributed by atoms with E-state index in [-0.39, 0.29) is 24.0 Å². The predicted molar refractivity (Wildman–Crippen MR) is 111 cm³/mol. The Morgan fingerprint density at radius 1 is 1.05 bits per heavy atom. The van der Waals surface area contributed by atoms with Gasteiger partial charge in [0.25, 0.3) is 0 Å². The van der Waals surface area contributed by atoms with E-state index >= 15 is 0 Å². The maximum atomic E-state index is 4.24. The van der Waals surface area contributed by atoms with Crippen LogP contribution in [0.3, 0.4) is 0 Å². The third kappa shape index (κ3) is 5.68. The largest absolute Gasteiger partial charge is 0.356 e. The van der Waals surface area contributed by atoms with E-state index in [0.29, 0.717) is 0 Å². The van der Waals surface area contributed by atoms with Crippen molar-refractivity contribution in [2.45, 2.75) is 6.42 Å². The summed E-state index contributed by atoms with van der Waals surface area (Å²) in [6.07, 6.45) is 3.10. The SMILES string of the molecule is CN=C(NCCSC)NCCc1cccc2ccccc12.I. The van der Waals surface area contributed by atoms with Gasteiger partial charge in [-0.3, -0.25) is 4.99 Å². The van der Waals surface area contributed by atoms with Crippen LogP contribution in [0.5, 0.6) is 0 Å². The first-order valence-electron chi connectivity index (χ1n) is 7.25. The van der Waals surface area contributed by atoms with Crippen LogP contribution < -0.4 is 10.6 Å². The van der Waals surface area contributed by atoms with Gasteiger partial charge < -0.3 is 10.6 Å². The minimum absolute atomic E-state index is 0. The van der Waals surface area contributed by atoms with Crippen LogP contribution in [0.25, 0.3) is 10.8 Å². The molecule has 120 valence electrons. The summed E-state index contributed by atoms with van der Waals surface area (Å²) in [7, 11) is 1.81. The number of nitrogens with one attached hydrogen (secondary N) is 2. The molecule has 0 aromatic heterocycles. The van der Waals surface area contributed by atoms with Crippen LogP contribution in [-0.2, 0) is 6.42 Å². The second-order valence-corrected chi connectivity index (χ2v) is 5.79. The van der Waals surface area contributed by atoms with Crippen LogP contribution in [-0.4, -0.2) is 38.1 Å². The summed E-state index contributed by atoms with van der Waals surface area (Å²) in [4.78, 5) is 4.24. The summed E-state index contributed by atoms with van der Waals surface area (Å²) in [6.45, 7) is 1.82. The zero-order valence-electron chi connectivity index (χ0n) is 13.1. The molecule has 5 heteroatoms. The molecule has 0 aliphatic rings. The van der Waals surface area contributed by atoms with E-state index in [2.05, 4.69) is 64.3 Å². The van der Waals surface area contributed by atoms with Gasteiger partial charge in [-0.1, -0.05) is 42.5 Å². The summed E-state index contributed by atoms with van der Waals surface area (Å²) in [6, 6.07) is 15.0. The lowest BCUT2D eigenvalue weighted by Gasteiger charge is -2.12. The molecule has 0 heterocycles. The van der Waals surface area contributed by atoms with Crippen LogP contribution in [0.1, 0.15) is 5.56 Å². The molecule has 3 nitrogen and oxygen atoms in total. The molecule has 22 heavy (non-hydrogen) atoms. The first-order chi connectivity index (χ1) is 10.3. The molecule has 0 unspecified atom stereocenters. The predicted octanol–water partition coefficient (Wildman–Crippen LogP) is 3.53. The van der Waals surface area contributed by atoms with Crippen molar-refractivity contribution < 1.29 is 0 Å². The standard InChI is InChI=1S/C17H23N3S.HI/c1-18-17(20-12-13-21-2)19-11-10-15-8-5-7-14-6-3-4-9-16(14)15;/h3-9H,10-13H2,1-2H3,(H2,18,19,20);1H. The fourth-order valence-electron chi connectivity index (χ4n) is 2.32. The summed E-state index contributed by atoms with van der Waals surface area (Å²) in [5.41, 5.74) is 1.38. The van der Waals surface area contributed by atoms with Crippen molar-refractivity contribution in [3.63, 3.8) is 0 Å². The average Bonchev–Trinajstić information content (AvgIpc) is 2.53. The maximum absolute atomic E-state index is 4.24. The Morgan fingerprint density at radius 3 is 2.55 bits per heavy atom. The topological polar surface area (TPSA) is 36.4 Å². The Labute approximate surface area is 154 Å². The van der Waals surface area contributed by atoms with Gasteiger partial charge >= 0.3 is 0 Å². The molecule has 2 rings (SSSR count). The van der Waals surface area contributed by atoms with Crippen molar-refractivity contribution >= 4 is 52.5 Å². The molecule has 0 aliphatic heterocycles. The third-order valence-electron chi connectivity index (χ3n) is 3.39. The van der Waals surface area contributed by atoms with Crippen molar-refractivity contribution in [2.24, 2.45) is 4.99 Å². The van der Waals surface area contributed by atoms with Gasteiger partial charge in [0.05, 0.1) is 0 Å². The summed E-state index contributed by atoms with van der Waals surface area (Å²) >= 11 is 1.83. The first-order valence-corrected chi connectivity index (χ1v) is 8.64. The molecular weight excluding hydrogens is 405 g/mol. The Hall–Kier alpha value is -0.950. The Bertz CT molecular complexity index is 596. The van der Waals surface area contributed by atoms with E-state index in [1.807, 2.05) is 18.8 Å².